The number of thioether (sulfide) groups is 1. The van der Waals surface area contributed by atoms with Crippen LogP contribution in [0.3, 0.4) is 0 Å². The van der Waals surface area contributed by atoms with Crippen LogP contribution in [0.5, 0.6) is 5.75 Å². The zero-order chi connectivity index (χ0) is 23.5. The number of aryl methyl sites for hydroxylation is 1. The van der Waals surface area contributed by atoms with E-state index in [9.17, 15) is 9.18 Å². The molecule has 1 fully saturated rings. The lowest BCUT2D eigenvalue weighted by molar-refractivity contribution is -0.122. The van der Waals surface area contributed by atoms with Crippen LogP contribution in [0.1, 0.15) is 30.8 Å². The minimum Gasteiger partial charge on any atom is -0.494 e. The highest BCUT2D eigenvalue weighted by atomic mass is 32.2. The lowest BCUT2D eigenvalue weighted by Crippen LogP contribution is -2.28. The molecule has 3 aromatic rings. The molecule has 1 amide bonds. The van der Waals surface area contributed by atoms with Gasteiger partial charge in [-0.15, -0.1) is 0 Å². The van der Waals surface area contributed by atoms with Gasteiger partial charge in [-0.05, 0) is 106 Å². The number of benzene rings is 2. The second-order valence-electron chi connectivity index (χ2n) is 7.62. The van der Waals surface area contributed by atoms with E-state index in [1.807, 2.05) is 51.1 Å². The Morgan fingerprint density at radius 1 is 1.06 bits per heavy atom. The second-order valence-corrected chi connectivity index (χ2v) is 8.63. The smallest absolute Gasteiger partial charge is 0.266 e. The summed E-state index contributed by atoms with van der Waals surface area (Å²) in [7, 11) is 0. The number of nitrogens with zero attached hydrogens (tertiary/aromatic N) is 3. The lowest BCUT2D eigenvalue weighted by Gasteiger charge is -2.12. The average Bonchev–Trinajstić information content (AvgIpc) is 3.25. The highest BCUT2D eigenvalue weighted by molar-refractivity contribution is 8.18. The maximum Gasteiger partial charge on any atom is 0.266 e. The molecule has 0 aliphatic carbocycles. The van der Waals surface area contributed by atoms with Crippen LogP contribution in [0.15, 0.2) is 64.5 Å². The predicted molar refractivity (Wildman–Crippen MR) is 133 cm³/mol. The van der Waals surface area contributed by atoms with Crippen molar-refractivity contribution in [3.8, 4) is 11.4 Å². The summed E-state index contributed by atoms with van der Waals surface area (Å²) in [6.07, 6.45) is 1.93. The average molecular weight is 464 g/mol. The minimum atomic E-state index is -0.315. The molecule has 0 spiro atoms. The fraction of sp³-hybridized carbons (Fsp3) is 0.231. The monoisotopic (exact) mass is 463 g/mol. The first-order valence-corrected chi connectivity index (χ1v) is 11.7. The molecule has 0 N–H and O–H groups in total. The Morgan fingerprint density at radius 2 is 1.76 bits per heavy atom. The maximum absolute atomic E-state index is 13.2. The molecular weight excluding hydrogens is 437 g/mol. The van der Waals surface area contributed by atoms with Crippen molar-refractivity contribution in [3.05, 3.63) is 82.3 Å². The molecule has 1 aromatic heterocycles. The number of aromatic nitrogens is 1. The summed E-state index contributed by atoms with van der Waals surface area (Å²) in [5.41, 5.74) is 4.75. The number of likely N-dealkylation sites (N-methyl/N-ethyl adjacent to an activating group) is 1. The number of ether oxygens (including phenoxy) is 1. The Hall–Kier alpha value is -3.32. The van der Waals surface area contributed by atoms with Gasteiger partial charge in [0.2, 0.25) is 0 Å². The van der Waals surface area contributed by atoms with Crippen LogP contribution in [0.4, 0.5) is 10.1 Å². The van der Waals surface area contributed by atoms with Gasteiger partial charge in [0.15, 0.2) is 5.17 Å². The van der Waals surface area contributed by atoms with Crippen molar-refractivity contribution in [3.63, 3.8) is 0 Å². The summed E-state index contributed by atoms with van der Waals surface area (Å²) in [5, 5.41) is 0.598. The molecule has 0 radical (unpaired) electrons. The molecule has 33 heavy (non-hydrogen) atoms. The third kappa shape index (κ3) is 4.73. The van der Waals surface area contributed by atoms with Gasteiger partial charge >= 0.3 is 0 Å². The molecule has 0 bridgehead atoms. The number of carbonyl (C=O) groups excluding carboxylic acids is 1. The second kappa shape index (κ2) is 9.67. The van der Waals surface area contributed by atoms with E-state index < -0.39 is 0 Å². The number of hydrogen-bond acceptors (Lipinski definition) is 4. The van der Waals surface area contributed by atoms with Gasteiger partial charge in [-0.3, -0.25) is 9.69 Å². The quantitative estimate of drug-likeness (QED) is 0.406. The molecule has 1 aliphatic rings. The number of amides is 1. The number of hydrogen-bond donors (Lipinski definition) is 0. The maximum atomic E-state index is 13.2. The fourth-order valence-electron chi connectivity index (χ4n) is 3.83. The molecule has 4 rings (SSSR count). The molecule has 2 heterocycles. The third-order valence-electron chi connectivity index (χ3n) is 5.42. The van der Waals surface area contributed by atoms with Crippen molar-refractivity contribution in [1.29, 1.82) is 0 Å². The normalized spacial score (nSPS) is 16.3. The van der Waals surface area contributed by atoms with E-state index in [-0.39, 0.29) is 11.7 Å². The number of rotatable bonds is 6. The fourth-order valence-corrected chi connectivity index (χ4v) is 4.88. The van der Waals surface area contributed by atoms with Gasteiger partial charge in [0.05, 0.1) is 17.2 Å². The number of halogens is 1. The first-order chi connectivity index (χ1) is 15.9. The molecule has 5 nitrogen and oxygen atoms in total. The molecule has 1 saturated heterocycles. The SMILES string of the molecule is CCOc1ccc(-n2c(C)cc(/C=C3/SC(=Nc4ccc(F)cc4)N(CC)C3=O)c2C)cc1. The zero-order valence-electron chi connectivity index (χ0n) is 19.1. The van der Waals surface area contributed by atoms with Gasteiger partial charge in [-0.25, -0.2) is 9.38 Å². The topological polar surface area (TPSA) is 46.8 Å². The Kier molecular flexibility index (Phi) is 6.70. The van der Waals surface area contributed by atoms with Crippen LogP contribution < -0.4 is 4.74 Å². The van der Waals surface area contributed by atoms with Crippen LogP contribution in [-0.4, -0.2) is 33.7 Å². The van der Waals surface area contributed by atoms with Crippen LogP contribution in [0.2, 0.25) is 0 Å². The van der Waals surface area contributed by atoms with Gasteiger partial charge in [0.25, 0.3) is 5.91 Å². The van der Waals surface area contributed by atoms with E-state index in [0.29, 0.717) is 28.9 Å². The zero-order valence-corrected chi connectivity index (χ0v) is 19.9. The Bertz CT molecular complexity index is 1230. The Morgan fingerprint density at radius 3 is 2.39 bits per heavy atom. The van der Waals surface area contributed by atoms with Crippen LogP contribution in [-0.2, 0) is 4.79 Å². The molecule has 0 atom stereocenters. The largest absolute Gasteiger partial charge is 0.494 e. The summed E-state index contributed by atoms with van der Waals surface area (Å²) in [5.74, 6) is 0.450. The molecule has 170 valence electrons. The molecular formula is C26H26FN3O2S. The molecule has 0 unspecified atom stereocenters. The molecule has 0 saturated carbocycles. The van der Waals surface area contributed by atoms with Gasteiger partial charge in [-0.2, -0.15) is 0 Å². The van der Waals surface area contributed by atoms with Crippen molar-refractivity contribution in [2.45, 2.75) is 27.7 Å². The number of amidine groups is 1. The summed E-state index contributed by atoms with van der Waals surface area (Å²) >= 11 is 1.34. The van der Waals surface area contributed by atoms with Crippen molar-refractivity contribution < 1.29 is 13.9 Å². The van der Waals surface area contributed by atoms with Crippen LogP contribution in [0, 0.1) is 19.7 Å². The Balaban J connectivity index is 1.65. The predicted octanol–water partition coefficient (Wildman–Crippen LogP) is 6.26. The van der Waals surface area contributed by atoms with E-state index in [1.54, 1.807) is 17.0 Å². The standard InChI is InChI=1S/C26H26FN3O2S/c1-5-29-25(31)24(33-26(29)28-21-9-7-20(27)8-10-21)16-19-15-17(3)30(18(19)4)22-11-13-23(14-12-22)32-6-2/h7-16H,5-6H2,1-4H3/b24-16+,28-26?. The first kappa shape index (κ1) is 22.9. The van der Waals surface area contributed by atoms with E-state index >= 15 is 0 Å². The van der Waals surface area contributed by atoms with E-state index in [1.165, 1.54) is 23.9 Å². The molecule has 1 aliphatic heterocycles. The molecule has 7 heteroatoms. The van der Waals surface area contributed by atoms with Crippen LogP contribution in [0.25, 0.3) is 11.8 Å². The van der Waals surface area contributed by atoms with Crippen molar-refractivity contribution in [2.24, 2.45) is 4.99 Å². The number of aliphatic imine (C=N–C) groups is 1. The Labute approximate surface area is 197 Å². The van der Waals surface area contributed by atoms with Gasteiger partial charge < -0.3 is 9.30 Å². The highest BCUT2D eigenvalue weighted by Gasteiger charge is 2.32. The highest BCUT2D eigenvalue weighted by Crippen LogP contribution is 2.35. The summed E-state index contributed by atoms with van der Waals surface area (Å²) < 4.78 is 20.9. The van der Waals surface area contributed by atoms with Crippen molar-refractivity contribution >= 4 is 34.6 Å². The van der Waals surface area contributed by atoms with E-state index in [0.717, 1.165) is 28.4 Å². The number of carbonyl (C=O) groups is 1. The van der Waals surface area contributed by atoms with Crippen molar-refractivity contribution in [2.75, 3.05) is 13.2 Å². The molecule has 2 aromatic carbocycles. The van der Waals surface area contributed by atoms with Gasteiger partial charge in [0, 0.05) is 23.6 Å². The summed E-state index contributed by atoms with van der Waals surface area (Å²) in [6, 6.07) is 16.0. The van der Waals surface area contributed by atoms with E-state index in [4.69, 9.17) is 4.74 Å². The summed E-state index contributed by atoms with van der Waals surface area (Å²) in [6.45, 7) is 9.12. The van der Waals surface area contributed by atoms with Gasteiger partial charge in [-0.1, -0.05) is 0 Å². The van der Waals surface area contributed by atoms with E-state index in [2.05, 4.69) is 22.5 Å². The first-order valence-electron chi connectivity index (χ1n) is 10.9. The van der Waals surface area contributed by atoms with Gasteiger partial charge in [0.1, 0.15) is 11.6 Å². The lowest BCUT2D eigenvalue weighted by atomic mass is 10.2. The van der Waals surface area contributed by atoms with Crippen molar-refractivity contribution in [1.82, 2.24) is 9.47 Å². The van der Waals surface area contributed by atoms with Crippen LogP contribution >= 0.6 is 11.8 Å². The third-order valence-corrected chi connectivity index (χ3v) is 6.43. The minimum absolute atomic E-state index is 0.0748. The summed E-state index contributed by atoms with van der Waals surface area (Å²) in [4.78, 5) is 19.9.